The fourth-order valence-corrected chi connectivity index (χ4v) is 1.79. The summed E-state index contributed by atoms with van der Waals surface area (Å²) in [5, 5.41) is 11.1. The number of sulfonamides is 1. The SMILES string of the molecule is CC(C(=O)O)C(=O)Nc1cccc(NS(C)(=O)=O)c1. The van der Waals surface area contributed by atoms with Gasteiger partial charge in [-0.3, -0.25) is 14.3 Å². The number of hydrogen-bond acceptors (Lipinski definition) is 4. The van der Waals surface area contributed by atoms with Crippen LogP contribution in [0.5, 0.6) is 0 Å². The molecule has 104 valence electrons. The molecular weight excluding hydrogens is 272 g/mol. The molecule has 3 N–H and O–H groups in total. The first-order valence-electron chi connectivity index (χ1n) is 5.30. The van der Waals surface area contributed by atoms with Gasteiger partial charge in [0.1, 0.15) is 5.92 Å². The minimum Gasteiger partial charge on any atom is -0.481 e. The van der Waals surface area contributed by atoms with Gasteiger partial charge in [0.15, 0.2) is 0 Å². The smallest absolute Gasteiger partial charge is 0.315 e. The van der Waals surface area contributed by atoms with Gasteiger partial charge < -0.3 is 10.4 Å². The summed E-state index contributed by atoms with van der Waals surface area (Å²) in [7, 11) is -3.41. The highest BCUT2D eigenvalue weighted by molar-refractivity contribution is 7.92. The van der Waals surface area contributed by atoms with Gasteiger partial charge in [0.25, 0.3) is 0 Å². The lowest BCUT2D eigenvalue weighted by Gasteiger charge is -2.10. The first kappa shape index (κ1) is 15.0. The number of carbonyl (C=O) groups is 2. The van der Waals surface area contributed by atoms with E-state index in [0.29, 0.717) is 5.69 Å². The van der Waals surface area contributed by atoms with Crippen LogP contribution in [0.1, 0.15) is 6.92 Å². The van der Waals surface area contributed by atoms with Crippen LogP contribution in [0.2, 0.25) is 0 Å². The molecule has 1 atom stereocenters. The molecule has 1 unspecified atom stereocenters. The van der Waals surface area contributed by atoms with Crippen molar-refractivity contribution in [1.29, 1.82) is 0 Å². The van der Waals surface area contributed by atoms with Crippen molar-refractivity contribution >= 4 is 33.3 Å². The molecule has 0 aliphatic rings. The van der Waals surface area contributed by atoms with E-state index in [0.717, 1.165) is 6.26 Å². The summed E-state index contributed by atoms with van der Waals surface area (Å²) in [6.45, 7) is 1.26. The van der Waals surface area contributed by atoms with Crippen LogP contribution in [0.15, 0.2) is 24.3 Å². The van der Waals surface area contributed by atoms with Crippen LogP contribution in [0, 0.1) is 5.92 Å². The summed E-state index contributed by atoms with van der Waals surface area (Å²) in [5.41, 5.74) is 0.593. The van der Waals surface area contributed by atoms with Crippen LogP contribution < -0.4 is 10.0 Å². The van der Waals surface area contributed by atoms with Crippen LogP contribution in [0.25, 0.3) is 0 Å². The van der Waals surface area contributed by atoms with Crippen molar-refractivity contribution in [3.05, 3.63) is 24.3 Å². The van der Waals surface area contributed by atoms with Crippen molar-refractivity contribution in [2.24, 2.45) is 5.92 Å². The lowest BCUT2D eigenvalue weighted by molar-refractivity contribution is -0.144. The third kappa shape index (κ3) is 4.96. The highest BCUT2D eigenvalue weighted by atomic mass is 32.2. The molecule has 0 aliphatic heterocycles. The average Bonchev–Trinajstić information content (AvgIpc) is 2.25. The van der Waals surface area contributed by atoms with Crippen molar-refractivity contribution in [2.75, 3.05) is 16.3 Å². The summed E-state index contributed by atoms with van der Waals surface area (Å²) >= 11 is 0. The van der Waals surface area contributed by atoms with E-state index in [2.05, 4.69) is 10.0 Å². The van der Waals surface area contributed by atoms with E-state index >= 15 is 0 Å². The summed E-state index contributed by atoms with van der Waals surface area (Å²) in [4.78, 5) is 22.2. The maximum atomic E-state index is 11.5. The molecule has 0 aromatic heterocycles. The number of nitrogens with one attached hydrogen (secondary N) is 2. The monoisotopic (exact) mass is 286 g/mol. The number of amides is 1. The quantitative estimate of drug-likeness (QED) is 0.690. The first-order valence-corrected chi connectivity index (χ1v) is 7.20. The predicted octanol–water partition coefficient (Wildman–Crippen LogP) is 0.717. The molecule has 0 saturated carbocycles. The zero-order valence-corrected chi connectivity index (χ0v) is 11.2. The molecule has 0 saturated heterocycles. The molecule has 0 heterocycles. The Morgan fingerprint density at radius 2 is 1.84 bits per heavy atom. The first-order chi connectivity index (χ1) is 8.69. The maximum Gasteiger partial charge on any atom is 0.315 e. The molecule has 0 aliphatic carbocycles. The molecule has 1 amide bonds. The minimum atomic E-state index is -3.41. The van der Waals surface area contributed by atoms with Gasteiger partial charge in [-0.1, -0.05) is 6.07 Å². The van der Waals surface area contributed by atoms with Gasteiger partial charge in [-0.15, -0.1) is 0 Å². The molecule has 8 heteroatoms. The van der Waals surface area contributed by atoms with Gasteiger partial charge in [0, 0.05) is 5.69 Å². The lowest BCUT2D eigenvalue weighted by Crippen LogP contribution is -2.26. The molecule has 7 nitrogen and oxygen atoms in total. The fraction of sp³-hybridized carbons (Fsp3) is 0.273. The fourth-order valence-electron chi connectivity index (χ4n) is 1.24. The summed E-state index contributed by atoms with van der Waals surface area (Å²) in [6.07, 6.45) is 1.00. The van der Waals surface area contributed by atoms with E-state index in [9.17, 15) is 18.0 Å². The highest BCUT2D eigenvalue weighted by Crippen LogP contribution is 2.16. The Labute approximate surface area is 110 Å². The summed E-state index contributed by atoms with van der Waals surface area (Å²) < 4.78 is 24.4. The van der Waals surface area contributed by atoms with Crippen molar-refractivity contribution in [1.82, 2.24) is 0 Å². The van der Waals surface area contributed by atoms with E-state index in [1.165, 1.54) is 31.2 Å². The third-order valence-corrected chi connectivity index (χ3v) is 2.80. The van der Waals surface area contributed by atoms with Gasteiger partial charge >= 0.3 is 5.97 Å². The standard InChI is InChI=1S/C11H14N2O5S/c1-7(11(15)16)10(14)12-8-4-3-5-9(6-8)13-19(2,17)18/h3-7,13H,1-2H3,(H,12,14)(H,15,16). The maximum absolute atomic E-state index is 11.5. The number of rotatable bonds is 5. The summed E-state index contributed by atoms with van der Waals surface area (Å²) in [6, 6.07) is 5.97. The number of hydrogen-bond donors (Lipinski definition) is 3. The van der Waals surface area contributed by atoms with Crippen LogP contribution in [0.3, 0.4) is 0 Å². The molecule has 0 radical (unpaired) electrons. The number of carboxylic acid groups (broad SMARTS) is 1. The zero-order chi connectivity index (χ0) is 14.6. The lowest BCUT2D eigenvalue weighted by atomic mass is 10.1. The second-order valence-electron chi connectivity index (χ2n) is 4.00. The molecule has 0 spiro atoms. The van der Waals surface area contributed by atoms with Crippen molar-refractivity contribution < 1.29 is 23.1 Å². The van der Waals surface area contributed by atoms with Crippen molar-refractivity contribution in [3.8, 4) is 0 Å². The number of carbonyl (C=O) groups excluding carboxylic acids is 1. The van der Waals surface area contributed by atoms with Gasteiger partial charge in [0.05, 0.1) is 11.9 Å². The van der Waals surface area contributed by atoms with Crippen LogP contribution >= 0.6 is 0 Å². The predicted molar refractivity (Wildman–Crippen MR) is 70.3 cm³/mol. The van der Waals surface area contributed by atoms with Gasteiger partial charge in [0.2, 0.25) is 15.9 Å². The second-order valence-corrected chi connectivity index (χ2v) is 5.75. The van der Waals surface area contributed by atoms with E-state index < -0.39 is 27.8 Å². The molecule has 0 bridgehead atoms. The Morgan fingerprint density at radius 3 is 2.37 bits per heavy atom. The molecule has 19 heavy (non-hydrogen) atoms. The number of aliphatic carboxylic acids is 1. The van der Waals surface area contributed by atoms with E-state index in [-0.39, 0.29) is 5.69 Å². The van der Waals surface area contributed by atoms with Gasteiger partial charge in [-0.2, -0.15) is 0 Å². The Bertz CT molecular complexity index is 597. The largest absolute Gasteiger partial charge is 0.481 e. The van der Waals surface area contributed by atoms with Crippen LogP contribution in [-0.2, 0) is 19.6 Å². The van der Waals surface area contributed by atoms with Crippen LogP contribution in [-0.4, -0.2) is 31.7 Å². The zero-order valence-electron chi connectivity index (χ0n) is 10.4. The third-order valence-electron chi connectivity index (χ3n) is 2.20. The van der Waals surface area contributed by atoms with E-state index in [1.54, 1.807) is 0 Å². The molecule has 0 fully saturated rings. The molecule has 1 aromatic rings. The Hall–Kier alpha value is -2.09. The Morgan fingerprint density at radius 1 is 1.26 bits per heavy atom. The molecule has 1 aromatic carbocycles. The van der Waals surface area contributed by atoms with Crippen LogP contribution in [0.4, 0.5) is 11.4 Å². The summed E-state index contributed by atoms with van der Waals surface area (Å²) in [5.74, 6) is -3.10. The minimum absolute atomic E-state index is 0.281. The topological polar surface area (TPSA) is 113 Å². The Balaban J connectivity index is 2.83. The van der Waals surface area contributed by atoms with Gasteiger partial charge in [-0.05, 0) is 25.1 Å². The Kier molecular flexibility index (Phi) is 4.49. The highest BCUT2D eigenvalue weighted by Gasteiger charge is 2.20. The number of benzene rings is 1. The molecular formula is C11H14N2O5S. The number of carboxylic acids is 1. The van der Waals surface area contributed by atoms with E-state index in [4.69, 9.17) is 5.11 Å². The van der Waals surface area contributed by atoms with E-state index in [1.807, 2.05) is 0 Å². The molecule has 1 rings (SSSR count). The average molecular weight is 286 g/mol. The van der Waals surface area contributed by atoms with Crippen molar-refractivity contribution in [2.45, 2.75) is 6.92 Å². The normalized spacial score (nSPS) is 12.5. The van der Waals surface area contributed by atoms with Gasteiger partial charge in [-0.25, -0.2) is 8.42 Å². The second kappa shape index (κ2) is 5.70. The van der Waals surface area contributed by atoms with Crippen molar-refractivity contribution in [3.63, 3.8) is 0 Å². The number of anilines is 2.